The third-order valence-electron chi connectivity index (χ3n) is 4.70. The minimum atomic E-state index is -1.21. The molecule has 0 radical (unpaired) electrons. The standard InChI is InChI=1S/C22H23NO5/c1-3-12-27-21(25)20(14(2)24)23-22(26)28-13-19-17-10-6-4-8-15(17)16-9-5-7-11-18(16)19/h3-11,14,19-20,24H,1,12-13H2,2H3,(H,23,26)/t14-,20-/m0/s1. The first-order valence-electron chi connectivity index (χ1n) is 9.10. The summed E-state index contributed by atoms with van der Waals surface area (Å²) < 4.78 is 10.3. The highest BCUT2D eigenvalue weighted by molar-refractivity contribution is 5.82. The van der Waals surface area contributed by atoms with Crippen molar-refractivity contribution in [3.05, 3.63) is 72.3 Å². The molecular weight excluding hydrogens is 358 g/mol. The number of ether oxygens (including phenoxy) is 2. The maximum absolute atomic E-state index is 12.2. The lowest BCUT2D eigenvalue weighted by molar-refractivity contribution is -0.147. The average molecular weight is 381 g/mol. The molecule has 0 aromatic heterocycles. The van der Waals surface area contributed by atoms with Crippen molar-refractivity contribution < 1.29 is 24.2 Å². The third-order valence-corrected chi connectivity index (χ3v) is 4.70. The van der Waals surface area contributed by atoms with Gasteiger partial charge in [-0.25, -0.2) is 9.59 Å². The number of hydrogen-bond acceptors (Lipinski definition) is 5. The highest BCUT2D eigenvalue weighted by Crippen LogP contribution is 2.44. The van der Waals surface area contributed by atoms with Crippen LogP contribution >= 0.6 is 0 Å². The fourth-order valence-electron chi connectivity index (χ4n) is 3.37. The Balaban J connectivity index is 1.67. The molecule has 0 unspecified atom stereocenters. The summed E-state index contributed by atoms with van der Waals surface area (Å²) in [7, 11) is 0. The van der Waals surface area contributed by atoms with E-state index in [-0.39, 0.29) is 19.1 Å². The van der Waals surface area contributed by atoms with Crippen molar-refractivity contribution >= 4 is 12.1 Å². The summed E-state index contributed by atoms with van der Waals surface area (Å²) in [6.07, 6.45) is -0.509. The first-order chi connectivity index (χ1) is 13.5. The first kappa shape index (κ1) is 19.6. The molecule has 1 amide bonds. The SMILES string of the molecule is C=CCOC(=O)[C@@H](NC(=O)OCC1c2ccccc2-c2ccccc21)[C@H](C)O. The van der Waals surface area contributed by atoms with E-state index in [2.05, 4.69) is 11.9 Å². The molecule has 3 rings (SSSR count). The van der Waals surface area contributed by atoms with Crippen LogP contribution in [0.25, 0.3) is 11.1 Å². The van der Waals surface area contributed by atoms with Gasteiger partial charge in [-0.3, -0.25) is 0 Å². The number of rotatable bonds is 7. The van der Waals surface area contributed by atoms with Crippen molar-refractivity contribution in [3.63, 3.8) is 0 Å². The van der Waals surface area contributed by atoms with Gasteiger partial charge in [0.25, 0.3) is 0 Å². The summed E-state index contributed by atoms with van der Waals surface area (Å²) >= 11 is 0. The van der Waals surface area contributed by atoms with E-state index < -0.39 is 24.2 Å². The smallest absolute Gasteiger partial charge is 0.407 e. The number of alkyl carbamates (subject to hydrolysis) is 1. The number of fused-ring (bicyclic) bond motifs is 3. The maximum Gasteiger partial charge on any atom is 0.407 e. The van der Waals surface area contributed by atoms with Crippen molar-refractivity contribution in [2.75, 3.05) is 13.2 Å². The minimum absolute atomic E-state index is 0.00553. The van der Waals surface area contributed by atoms with E-state index in [4.69, 9.17) is 9.47 Å². The van der Waals surface area contributed by atoms with Gasteiger partial charge in [0, 0.05) is 5.92 Å². The van der Waals surface area contributed by atoms with E-state index in [1.807, 2.05) is 48.5 Å². The van der Waals surface area contributed by atoms with Crippen LogP contribution < -0.4 is 5.32 Å². The van der Waals surface area contributed by atoms with Gasteiger partial charge in [-0.1, -0.05) is 61.2 Å². The summed E-state index contributed by atoms with van der Waals surface area (Å²) in [4.78, 5) is 24.2. The van der Waals surface area contributed by atoms with Crippen LogP contribution in [0.3, 0.4) is 0 Å². The minimum Gasteiger partial charge on any atom is -0.460 e. The van der Waals surface area contributed by atoms with Crippen LogP contribution in [0.5, 0.6) is 0 Å². The Bertz CT molecular complexity index is 831. The molecule has 0 spiro atoms. The second-order valence-electron chi connectivity index (χ2n) is 6.61. The molecule has 0 saturated heterocycles. The highest BCUT2D eigenvalue weighted by Gasteiger charge is 2.31. The third kappa shape index (κ3) is 4.07. The molecule has 6 nitrogen and oxygen atoms in total. The van der Waals surface area contributed by atoms with Gasteiger partial charge in [0.05, 0.1) is 6.10 Å². The van der Waals surface area contributed by atoms with E-state index >= 15 is 0 Å². The number of carbonyl (C=O) groups excluding carboxylic acids is 2. The van der Waals surface area contributed by atoms with Crippen LogP contribution in [0, 0.1) is 0 Å². The zero-order valence-corrected chi connectivity index (χ0v) is 15.6. The van der Waals surface area contributed by atoms with Gasteiger partial charge < -0.3 is 19.9 Å². The van der Waals surface area contributed by atoms with Crippen molar-refractivity contribution in [1.82, 2.24) is 5.32 Å². The van der Waals surface area contributed by atoms with E-state index in [1.54, 1.807) is 0 Å². The molecule has 0 heterocycles. The normalized spacial score (nSPS) is 14.4. The Kier molecular flexibility index (Phi) is 6.11. The van der Waals surface area contributed by atoms with Crippen LogP contribution in [-0.2, 0) is 14.3 Å². The second-order valence-corrected chi connectivity index (χ2v) is 6.61. The molecule has 2 aromatic rings. The Morgan fingerprint density at radius 1 is 1.11 bits per heavy atom. The van der Waals surface area contributed by atoms with Gasteiger partial charge in [0.1, 0.15) is 13.2 Å². The van der Waals surface area contributed by atoms with Crippen molar-refractivity contribution in [2.45, 2.75) is 25.0 Å². The summed E-state index contributed by atoms with van der Waals surface area (Å²) in [5, 5.41) is 12.2. The quantitative estimate of drug-likeness (QED) is 0.569. The van der Waals surface area contributed by atoms with E-state index in [0.717, 1.165) is 22.3 Å². The highest BCUT2D eigenvalue weighted by atomic mass is 16.6. The van der Waals surface area contributed by atoms with Gasteiger partial charge >= 0.3 is 12.1 Å². The zero-order chi connectivity index (χ0) is 20.1. The lowest BCUT2D eigenvalue weighted by Crippen LogP contribution is -2.48. The molecule has 0 saturated carbocycles. The number of amides is 1. The molecule has 1 aliphatic rings. The average Bonchev–Trinajstić information content (AvgIpc) is 3.02. The van der Waals surface area contributed by atoms with Crippen molar-refractivity contribution in [2.24, 2.45) is 0 Å². The number of hydrogen-bond donors (Lipinski definition) is 2. The molecule has 2 atom stereocenters. The van der Waals surface area contributed by atoms with Crippen LogP contribution in [-0.4, -0.2) is 42.5 Å². The summed E-state index contributed by atoms with van der Waals surface area (Å²) in [6.45, 7) is 4.96. The van der Waals surface area contributed by atoms with Gasteiger partial charge in [0.2, 0.25) is 0 Å². The summed E-state index contributed by atoms with van der Waals surface area (Å²) in [6, 6.07) is 14.8. The Morgan fingerprint density at radius 2 is 1.68 bits per heavy atom. The number of esters is 1. The van der Waals surface area contributed by atoms with Gasteiger partial charge in [-0.2, -0.15) is 0 Å². The van der Waals surface area contributed by atoms with Gasteiger partial charge in [0.15, 0.2) is 6.04 Å². The molecule has 146 valence electrons. The maximum atomic E-state index is 12.2. The van der Waals surface area contributed by atoms with Crippen molar-refractivity contribution in [3.8, 4) is 11.1 Å². The Labute approximate surface area is 163 Å². The monoisotopic (exact) mass is 381 g/mol. The Morgan fingerprint density at radius 3 is 2.21 bits per heavy atom. The molecule has 0 fully saturated rings. The molecule has 6 heteroatoms. The predicted molar refractivity (Wildman–Crippen MR) is 105 cm³/mol. The second kappa shape index (κ2) is 8.71. The van der Waals surface area contributed by atoms with Gasteiger partial charge in [-0.05, 0) is 29.2 Å². The van der Waals surface area contributed by atoms with E-state index in [1.165, 1.54) is 13.0 Å². The predicted octanol–water partition coefficient (Wildman–Crippen LogP) is 3.00. The van der Waals surface area contributed by atoms with E-state index in [0.29, 0.717) is 0 Å². The first-order valence-corrected chi connectivity index (χ1v) is 9.10. The number of aliphatic hydroxyl groups excluding tert-OH is 1. The number of benzene rings is 2. The van der Waals surface area contributed by atoms with Crippen LogP contribution in [0.1, 0.15) is 24.0 Å². The molecule has 2 N–H and O–H groups in total. The van der Waals surface area contributed by atoms with Crippen molar-refractivity contribution in [1.29, 1.82) is 0 Å². The fraction of sp³-hybridized carbons (Fsp3) is 0.273. The number of nitrogens with one attached hydrogen (secondary N) is 1. The molecule has 0 bridgehead atoms. The zero-order valence-electron chi connectivity index (χ0n) is 15.6. The summed E-state index contributed by atoms with van der Waals surface area (Å²) in [5.74, 6) is -0.834. The lowest BCUT2D eigenvalue weighted by Gasteiger charge is -2.20. The Hall–Kier alpha value is -3.12. The van der Waals surface area contributed by atoms with Crippen LogP contribution in [0.4, 0.5) is 4.79 Å². The van der Waals surface area contributed by atoms with E-state index in [9.17, 15) is 14.7 Å². The number of aliphatic hydroxyl groups is 1. The topological polar surface area (TPSA) is 84.9 Å². The van der Waals surface area contributed by atoms with Gasteiger partial charge in [-0.15, -0.1) is 0 Å². The molecule has 0 aliphatic heterocycles. The largest absolute Gasteiger partial charge is 0.460 e. The molecule has 2 aromatic carbocycles. The molecule has 28 heavy (non-hydrogen) atoms. The summed E-state index contributed by atoms with van der Waals surface area (Å²) in [5.41, 5.74) is 4.44. The molecular formula is C22H23NO5. The van der Waals surface area contributed by atoms with Crippen LogP contribution in [0.2, 0.25) is 0 Å². The van der Waals surface area contributed by atoms with Crippen LogP contribution in [0.15, 0.2) is 61.2 Å². The lowest BCUT2D eigenvalue weighted by atomic mass is 9.98. The molecule has 1 aliphatic carbocycles. The number of carbonyl (C=O) groups is 2. The fourth-order valence-corrected chi connectivity index (χ4v) is 3.37.